The average Bonchev–Trinajstić information content (AvgIpc) is 3.40. The molecule has 34 heavy (non-hydrogen) atoms. The van der Waals surface area contributed by atoms with E-state index < -0.39 is 17.2 Å². The SMILES string of the molecule is CCC(NC(=O)c1cn(CCOC)cc(C(=O)NCc2ccc(OC)cc2)c1=O)c1cccs1. The minimum absolute atomic E-state index is 0.0804. The highest BCUT2D eigenvalue weighted by Crippen LogP contribution is 2.22. The van der Waals surface area contributed by atoms with Gasteiger partial charge in [0, 0.05) is 37.5 Å². The van der Waals surface area contributed by atoms with Crippen molar-refractivity contribution >= 4 is 23.2 Å². The summed E-state index contributed by atoms with van der Waals surface area (Å²) in [5.74, 6) is -0.351. The molecule has 0 spiro atoms. The molecule has 0 aliphatic heterocycles. The van der Waals surface area contributed by atoms with Crippen LogP contribution in [-0.2, 0) is 17.8 Å². The van der Waals surface area contributed by atoms with E-state index in [2.05, 4.69) is 10.6 Å². The van der Waals surface area contributed by atoms with E-state index >= 15 is 0 Å². The first-order valence-corrected chi connectivity index (χ1v) is 11.8. The number of amides is 2. The number of thiophene rings is 1. The van der Waals surface area contributed by atoms with Gasteiger partial charge in [-0.3, -0.25) is 14.4 Å². The normalized spacial score (nSPS) is 11.6. The number of aromatic nitrogens is 1. The number of benzene rings is 1. The van der Waals surface area contributed by atoms with Crippen molar-refractivity contribution in [2.24, 2.45) is 0 Å². The van der Waals surface area contributed by atoms with E-state index in [4.69, 9.17) is 9.47 Å². The number of nitrogens with one attached hydrogen (secondary N) is 2. The van der Waals surface area contributed by atoms with Crippen LogP contribution in [0.2, 0.25) is 0 Å². The van der Waals surface area contributed by atoms with Crippen LogP contribution in [0.25, 0.3) is 0 Å². The summed E-state index contributed by atoms with van der Waals surface area (Å²) in [6.45, 7) is 2.94. The van der Waals surface area contributed by atoms with Crippen LogP contribution >= 0.6 is 11.3 Å². The van der Waals surface area contributed by atoms with Crippen molar-refractivity contribution in [3.05, 3.63) is 86.0 Å². The van der Waals surface area contributed by atoms with Crippen LogP contribution in [0.5, 0.6) is 5.75 Å². The molecule has 2 heterocycles. The van der Waals surface area contributed by atoms with Crippen molar-refractivity contribution in [2.45, 2.75) is 32.5 Å². The fourth-order valence-electron chi connectivity index (χ4n) is 3.40. The smallest absolute Gasteiger partial charge is 0.257 e. The number of ether oxygens (including phenoxy) is 2. The molecule has 8 nitrogen and oxygen atoms in total. The topological polar surface area (TPSA) is 98.7 Å². The zero-order valence-electron chi connectivity index (χ0n) is 19.5. The van der Waals surface area contributed by atoms with Crippen LogP contribution in [-0.4, -0.2) is 37.2 Å². The van der Waals surface area contributed by atoms with Gasteiger partial charge in [0.15, 0.2) is 0 Å². The van der Waals surface area contributed by atoms with Gasteiger partial charge in [-0.25, -0.2) is 0 Å². The van der Waals surface area contributed by atoms with Crippen molar-refractivity contribution < 1.29 is 19.1 Å². The van der Waals surface area contributed by atoms with Crippen LogP contribution in [0.3, 0.4) is 0 Å². The van der Waals surface area contributed by atoms with Crippen LogP contribution in [0, 0.1) is 0 Å². The Hall–Kier alpha value is -3.43. The molecule has 1 atom stereocenters. The monoisotopic (exact) mass is 483 g/mol. The van der Waals surface area contributed by atoms with Gasteiger partial charge in [-0.05, 0) is 35.6 Å². The number of hydrogen-bond acceptors (Lipinski definition) is 6. The maximum atomic E-state index is 13.1. The molecule has 0 aliphatic carbocycles. The minimum atomic E-state index is -0.612. The van der Waals surface area contributed by atoms with Crippen molar-refractivity contribution in [1.29, 1.82) is 0 Å². The van der Waals surface area contributed by atoms with E-state index in [1.807, 2.05) is 36.6 Å². The van der Waals surface area contributed by atoms with Crippen LogP contribution in [0.15, 0.2) is 59.0 Å². The molecule has 0 bridgehead atoms. The number of pyridine rings is 1. The van der Waals surface area contributed by atoms with Crippen LogP contribution < -0.4 is 20.8 Å². The van der Waals surface area contributed by atoms with E-state index in [-0.39, 0.29) is 23.7 Å². The Bertz CT molecular complexity index is 1160. The van der Waals surface area contributed by atoms with E-state index in [1.165, 1.54) is 23.7 Å². The predicted molar refractivity (Wildman–Crippen MR) is 132 cm³/mol. The second-order valence-corrected chi connectivity index (χ2v) is 8.61. The molecule has 2 N–H and O–H groups in total. The fourth-order valence-corrected chi connectivity index (χ4v) is 4.26. The number of methoxy groups -OCH3 is 2. The fraction of sp³-hybridized carbons (Fsp3) is 0.320. The van der Waals surface area contributed by atoms with Crippen LogP contribution in [0.4, 0.5) is 0 Å². The number of hydrogen-bond donors (Lipinski definition) is 2. The van der Waals surface area contributed by atoms with Gasteiger partial charge >= 0.3 is 0 Å². The first-order valence-electron chi connectivity index (χ1n) is 10.9. The Morgan fingerprint density at radius 1 is 1.06 bits per heavy atom. The van der Waals surface area contributed by atoms with Gasteiger partial charge in [-0.1, -0.05) is 25.1 Å². The molecule has 180 valence electrons. The average molecular weight is 484 g/mol. The number of carbonyl (C=O) groups is 2. The molecular formula is C25H29N3O5S. The Balaban J connectivity index is 1.84. The maximum absolute atomic E-state index is 13.1. The summed E-state index contributed by atoms with van der Waals surface area (Å²) in [7, 11) is 3.14. The van der Waals surface area contributed by atoms with Gasteiger partial charge in [-0.15, -0.1) is 11.3 Å². The zero-order valence-corrected chi connectivity index (χ0v) is 20.3. The first kappa shape index (κ1) is 25.2. The van der Waals surface area contributed by atoms with Crippen LogP contribution in [0.1, 0.15) is 50.5 Å². The standard InChI is InChI=1S/C25H29N3O5S/c1-4-21(22-6-5-13-34-22)27-25(31)20-16-28(11-12-32-2)15-19(23(20)29)24(30)26-14-17-7-9-18(33-3)10-8-17/h5-10,13,15-16,21H,4,11-12,14H2,1-3H3,(H,26,30)(H,27,31). The summed E-state index contributed by atoms with van der Waals surface area (Å²) < 4.78 is 11.9. The number of carbonyl (C=O) groups excluding carboxylic acids is 2. The summed E-state index contributed by atoms with van der Waals surface area (Å²) in [6, 6.07) is 10.9. The highest BCUT2D eigenvalue weighted by molar-refractivity contribution is 7.10. The van der Waals surface area contributed by atoms with Crippen molar-refractivity contribution in [2.75, 3.05) is 20.8 Å². The highest BCUT2D eigenvalue weighted by atomic mass is 32.1. The molecule has 1 unspecified atom stereocenters. The van der Waals surface area contributed by atoms with Gasteiger partial charge in [0.25, 0.3) is 11.8 Å². The predicted octanol–water partition coefficient (Wildman–Crippen LogP) is 3.38. The Morgan fingerprint density at radius 2 is 1.76 bits per heavy atom. The molecule has 2 aromatic heterocycles. The number of rotatable bonds is 11. The summed E-state index contributed by atoms with van der Waals surface area (Å²) >= 11 is 1.54. The van der Waals surface area contributed by atoms with Crippen molar-refractivity contribution in [3.8, 4) is 5.75 Å². The molecule has 0 aliphatic rings. The zero-order chi connectivity index (χ0) is 24.5. The van der Waals surface area contributed by atoms with Gasteiger partial charge in [0.05, 0.1) is 19.8 Å². The summed E-state index contributed by atoms with van der Waals surface area (Å²) in [5, 5.41) is 7.63. The summed E-state index contributed by atoms with van der Waals surface area (Å²) in [6.07, 6.45) is 3.60. The lowest BCUT2D eigenvalue weighted by Gasteiger charge is -2.17. The Morgan fingerprint density at radius 3 is 2.35 bits per heavy atom. The lowest BCUT2D eigenvalue weighted by Crippen LogP contribution is -2.36. The maximum Gasteiger partial charge on any atom is 0.257 e. The quantitative estimate of drug-likeness (QED) is 0.436. The molecule has 0 saturated carbocycles. The number of nitrogens with zero attached hydrogens (tertiary/aromatic N) is 1. The molecule has 3 aromatic rings. The molecule has 0 saturated heterocycles. The molecule has 0 fully saturated rings. The van der Waals surface area contributed by atoms with E-state index in [0.29, 0.717) is 25.3 Å². The third kappa shape index (κ3) is 6.33. The Kier molecular flexibility index (Phi) is 9.00. The third-order valence-electron chi connectivity index (χ3n) is 5.33. The van der Waals surface area contributed by atoms with Gasteiger partial charge in [-0.2, -0.15) is 0 Å². The lowest BCUT2D eigenvalue weighted by molar-refractivity contribution is 0.0933. The molecule has 0 radical (unpaired) electrons. The molecule has 3 rings (SSSR count). The van der Waals surface area contributed by atoms with Gasteiger partial charge in [0.1, 0.15) is 16.9 Å². The van der Waals surface area contributed by atoms with Gasteiger partial charge in [0.2, 0.25) is 5.43 Å². The van der Waals surface area contributed by atoms with E-state index in [0.717, 1.165) is 10.4 Å². The molecule has 2 amide bonds. The van der Waals surface area contributed by atoms with E-state index in [9.17, 15) is 14.4 Å². The summed E-state index contributed by atoms with van der Waals surface area (Å²) in [4.78, 5) is 40.1. The second kappa shape index (κ2) is 12.2. The van der Waals surface area contributed by atoms with Crippen molar-refractivity contribution in [3.63, 3.8) is 0 Å². The molecule has 1 aromatic carbocycles. The Labute approximate surface area is 202 Å². The second-order valence-electron chi connectivity index (χ2n) is 7.63. The third-order valence-corrected chi connectivity index (χ3v) is 6.32. The minimum Gasteiger partial charge on any atom is -0.497 e. The molecular weight excluding hydrogens is 454 g/mol. The van der Waals surface area contributed by atoms with E-state index in [1.54, 1.807) is 30.9 Å². The lowest BCUT2D eigenvalue weighted by atomic mass is 10.1. The van der Waals surface area contributed by atoms with Gasteiger partial charge < -0.3 is 24.7 Å². The largest absolute Gasteiger partial charge is 0.497 e. The molecule has 9 heteroatoms. The highest BCUT2D eigenvalue weighted by Gasteiger charge is 2.22. The first-order chi connectivity index (χ1) is 16.5. The van der Waals surface area contributed by atoms with Crippen molar-refractivity contribution in [1.82, 2.24) is 15.2 Å². The summed E-state index contributed by atoms with van der Waals surface area (Å²) in [5.41, 5.74) is 0.0635.